The minimum Gasteiger partial charge on any atom is -0.287 e. The highest BCUT2D eigenvalue weighted by molar-refractivity contribution is 7.99. The van der Waals surface area contributed by atoms with Crippen LogP contribution in [0.15, 0.2) is 34.2 Å². The van der Waals surface area contributed by atoms with Crippen LogP contribution in [0.4, 0.5) is 0 Å². The Morgan fingerprint density at radius 2 is 1.96 bits per heavy atom. The van der Waals surface area contributed by atoms with Gasteiger partial charge in [-0.25, -0.2) is 4.98 Å². The molecule has 0 bridgehead atoms. The average molecular weight is 383 g/mol. The van der Waals surface area contributed by atoms with Gasteiger partial charge < -0.3 is 0 Å². The number of nitrogens with zero attached hydrogens (tertiary/aromatic N) is 2. The van der Waals surface area contributed by atoms with Crippen LogP contribution in [-0.4, -0.2) is 14.8 Å². The van der Waals surface area contributed by atoms with Gasteiger partial charge in [-0.1, -0.05) is 76.1 Å². The van der Waals surface area contributed by atoms with Gasteiger partial charge in [0.15, 0.2) is 5.16 Å². The predicted octanol–water partition coefficient (Wildman–Crippen LogP) is 5.58. The van der Waals surface area contributed by atoms with Gasteiger partial charge in [0.1, 0.15) is 0 Å². The van der Waals surface area contributed by atoms with Gasteiger partial charge in [0, 0.05) is 22.8 Å². The third-order valence-corrected chi connectivity index (χ3v) is 7.10. The van der Waals surface area contributed by atoms with Crippen LogP contribution in [0.1, 0.15) is 70.4 Å². The van der Waals surface area contributed by atoms with Crippen LogP contribution in [-0.2, 0) is 18.4 Å². The van der Waals surface area contributed by atoms with Crippen molar-refractivity contribution in [3.63, 3.8) is 0 Å². The molecule has 0 saturated heterocycles. The second-order valence-electron chi connectivity index (χ2n) is 8.42. The number of benzene rings is 1. The van der Waals surface area contributed by atoms with E-state index in [0.717, 1.165) is 55.1 Å². The highest BCUT2D eigenvalue weighted by Crippen LogP contribution is 2.50. The first kappa shape index (κ1) is 18.8. The fourth-order valence-corrected chi connectivity index (χ4v) is 5.73. The maximum Gasteiger partial charge on any atom is 0.258 e. The first-order chi connectivity index (χ1) is 13.1. The molecule has 1 saturated carbocycles. The Kier molecular flexibility index (Phi) is 5.19. The summed E-state index contributed by atoms with van der Waals surface area (Å²) in [6, 6.07) is 8.59. The van der Waals surface area contributed by atoms with Crippen molar-refractivity contribution in [2.24, 2.45) is 0 Å². The number of unbranched alkanes of at least 4 members (excludes halogenated alkanes) is 1. The largest absolute Gasteiger partial charge is 0.287 e. The number of rotatable bonds is 5. The lowest BCUT2D eigenvalue weighted by atomic mass is 9.68. The van der Waals surface area contributed by atoms with E-state index in [2.05, 4.69) is 45.0 Å². The van der Waals surface area contributed by atoms with Gasteiger partial charge in [-0.3, -0.25) is 9.36 Å². The van der Waals surface area contributed by atoms with Crippen molar-refractivity contribution in [1.29, 1.82) is 0 Å². The molecule has 1 aromatic heterocycles. The number of thioether (sulfide) groups is 1. The summed E-state index contributed by atoms with van der Waals surface area (Å²) in [5.74, 6) is 0. The molecular formula is C23H30N2OS. The molecule has 0 unspecified atom stereocenters. The lowest BCUT2D eigenvalue weighted by Gasteiger charge is -2.36. The van der Waals surface area contributed by atoms with Crippen LogP contribution in [0, 0.1) is 0 Å². The van der Waals surface area contributed by atoms with Gasteiger partial charge in [0.2, 0.25) is 0 Å². The standard InChI is InChI=1S/C23H30N2OS/c1-4-5-14-25-21(26)19-20(24-22(25)27-16(2)3)18-11-7-6-10-17(18)15-23(19)12-8-9-13-23/h6-7,10-11,16H,4-5,8-9,12-15H2,1-3H3. The molecule has 2 aliphatic carbocycles. The summed E-state index contributed by atoms with van der Waals surface area (Å²) in [5.41, 5.74) is 4.76. The van der Waals surface area contributed by atoms with Crippen molar-refractivity contribution in [3.8, 4) is 11.3 Å². The van der Waals surface area contributed by atoms with Crippen molar-refractivity contribution < 1.29 is 0 Å². The van der Waals surface area contributed by atoms with E-state index in [1.165, 1.54) is 24.0 Å². The van der Waals surface area contributed by atoms with E-state index < -0.39 is 0 Å². The van der Waals surface area contributed by atoms with Crippen LogP contribution >= 0.6 is 11.8 Å². The second-order valence-corrected chi connectivity index (χ2v) is 9.96. The Hall–Kier alpha value is -1.55. The van der Waals surface area contributed by atoms with E-state index in [1.807, 2.05) is 4.57 Å². The zero-order chi connectivity index (χ0) is 19.0. The van der Waals surface area contributed by atoms with Gasteiger partial charge in [-0.15, -0.1) is 0 Å². The Labute approximate surface area is 166 Å². The molecule has 0 amide bonds. The molecule has 3 nitrogen and oxygen atoms in total. The number of aromatic nitrogens is 2. The molecular weight excluding hydrogens is 352 g/mol. The minimum absolute atomic E-state index is 0.00274. The lowest BCUT2D eigenvalue weighted by molar-refractivity contribution is 0.413. The lowest BCUT2D eigenvalue weighted by Crippen LogP contribution is -2.40. The molecule has 1 spiro atoms. The molecule has 1 fully saturated rings. The topological polar surface area (TPSA) is 34.9 Å². The predicted molar refractivity (Wildman–Crippen MR) is 114 cm³/mol. The molecule has 144 valence electrons. The SMILES string of the molecule is CCCCn1c(SC(C)C)nc2c(c1=O)C1(CCCC1)Cc1ccccc1-2. The Balaban J connectivity index is 1.98. The van der Waals surface area contributed by atoms with E-state index >= 15 is 0 Å². The summed E-state index contributed by atoms with van der Waals surface area (Å²) >= 11 is 1.72. The van der Waals surface area contributed by atoms with Crippen molar-refractivity contribution in [1.82, 2.24) is 9.55 Å². The maximum atomic E-state index is 13.8. The molecule has 0 N–H and O–H groups in total. The molecule has 1 heterocycles. The van der Waals surface area contributed by atoms with Crippen LogP contribution in [0.2, 0.25) is 0 Å². The number of hydrogen-bond acceptors (Lipinski definition) is 3. The normalized spacial score (nSPS) is 17.3. The summed E-state index contributed by atoms with van der Waals surface area (Å²) in [6.45, 7) is 7.31. The summed E-state index contributed by atoms with van der Waals surface area (Å²) in [7, 11) is 0. The monoisotopic (exact) mass is 382 g/mol. The summed E-state index contributed by atoms with van der Waals surface area (Å²) in [5, 5.41) is 1.30. The highest BCUT2D eigenvalue weighted by Gasteiger charge is 2.44. The minimum atomic E-state index is 0.00274. The van der Waals surface area contributed by atoms with Gasteiger partial charge >= 0.3 is 0 Å². The van der Waals surface area contributed by atoms with E-state index in [1.54, 1.807) is 11.8 Å². The van der Waals surface area contributed by atoms with Crippen molar-refractivity contribution in [2.75, 3.05) is 0 Å². The molecule has 4 rings (SSSR count). The smallest absolute Gasteiger partial charge is 0.258 e. The Bertz CT molecular complexity index is 894. The number of hydrogen-bond donors (Lipinski definition) is 0. The fourth-order valence-electron chi connectivity index (χ4n) is 4.86. The first-order valence-corrected chi connectivity index (χ1v) is 11.3. The molecule has 2 aliphatic rings. The molecule has 0 atom stereocenters. The van der Waals surface area contributed by atoms with Crippen LogP contribution in [0.3, 0.4) is 0 Å². The van der Waals surface area contributed by atoms with E-state index in [9.17, 15) is 4.79 Å². The molecule has 4 heteroatoms. The van der Waals surface area contributed by atoms with Crippen molar-refractivity contribution in [2.45, 2.75) is 88.1 Å². The van der Waals surface area contributed by atoms with E-state index in [4.69, 9.17) is 4.98 Å². The number of fused-ring (bicyclic) bond motifs is 4. The average Bonchev–Trinajstić information content (AvgIpc) is 3.09. The summed E-state index contributed by atoms with van der Waals surface area (Å²) in [4.78, 5) is 19.0. The fraction of sp³-hybridized carbons (Fsp3) is 0.565. The van der Waals surface area contributed by atoms with Crippen LogP contribution < -0.4 is 5.56 Å². The Morgan fingerprint density at radius 1 is 1.22 bits per heavy atom. The molecule has 2 aromatic rings. The van der Waals surface area contributed by atoms with Gasteiger partial charge in [-0.2, -0.15) is 0 Å². The quantitative estimate of drug-likeness (QED) is 0.500. The van der Waals surface area contributed by atoms with Gasteiger partial charge in [0.05, 0.1) is 11.3 Å². The van der Waals surface area contributed by atoms with Crippen molar-refractivity contribution in [3.05, 3.63) is 45.7 Å². The van der Waals surface area contributed by atoms with Crippen LogP contribution in [0.5, 0.6) is 0 Å². The first-order valence-electron chi connectivity index (χ1n) is 10.5. The van der Waals surface area contributed by atoms with E-state index in [0.29, 0.717) is 5.25 Å². The maximum absolute atomic E-state index is 13.8. The molecule has 27 heavy (non-hydrogen) atoms. The summed E-state index contributed by atoms with van der Waals surface area (Å²) in [6.07, 6.45) is 7.79. The van der Waals surface area contributed by atoms with Crippen LogP contribution in [0.25, 0.3) is 11.3 Å². The molecule has 1 aromatic carbocycles. The van der Waals surface area contributed by atoms with Gasteiger partial charge in [0.25, 0.3) is 5.56 Å². The second kappa shape index (κ2) is 7.46. The zero-order valence-corrected chi connectivity index (χ0v) is 17.6. The third kappa shape index (κ3) is 3.26. The molecule has 0 aliphatic heterocycles. The highest BCUT2D eigenvalue weighted by atomic mass is 32.2. The molecule has 0 radical (unpaired) electrons. The van der Waals surface area contributed by atoms with Gasteiger partial charge in [-0.05, 0) is 31.2 Å². The van der Waals surface area contributed by atoms with Crippen molar-refractivity contribution >= 4 is 11.8 Å². The zero-order valence-electron chi connectivity index (χ0n) is 16.8. The van der Waals surface area contributed by atoms with E-state index in [-0.39, 0.29) is 11.0 Å². The summed E-state index contributed by atoms with van der Waals surface area (Å²) < 4.78 is 1.99. The third-order valence-electron chi connectivity index (χ3n) is 6.10. The Morgan fingerprint density at radius 3 is 2.67 bits per heavy atom.